The lowest BCUT2D eigenvalue weighted by molar-refractivity contribution is 0.959. The van der Waals surface area contributed by atoms with Crippen LogP contribution in [0.2, 0.25) is 0 Å². The number of aryl methyl sites for hydroxylation is 1. The van der Waals surface area contributed by atoms with E-state index in [-0.39, 0.29) is 0 Å². The molecule has 3 aromatic rings. The monoisotopic (exact) mass is 301 g/mol. The van der Waals surface area contributed by atoms with Gasteiger partial charge in [0, 0.05) is 22.8 Å². The van der Waals surface area contributed by atoms with Crippen molar-refractivity contribution in [3.8, 4) is 11.4 Å². The first-order valence-electron chi connectivity index (χ1n) is 5.63. The van der Waals surface area contributed by atoms with Crippen molar-refractivity contribution in [1.82, 2.24) is 9.55 Å². The molecule has 3 rings (SSSR count). The van der Waals surface area contributed by atoms with Gasteiger partial charge in [-0.2, -0.15) is 0 Å². The normalized spacial score (nSPS) is 11.0. The second kappa shape index (κ2) is 4.14. The number of benzene rings is 2. The lowest BCUT2D eigenvalue weighted by atomic mass is 10.2. The van der Waals surface area contributed by atoms with E-state index in [1.807, 2.05) is 37.4 Å². The van der Waals surface area contributed by atoms with Gasteiger partial charge in [-0.15, -0.1) is 0 Å². The quantitative estimate of drug-likeness (QED) is 0.698. The van der Waals surface area contributed by atoms with Crippen LogP contribution < -0.4 is 5.73 Å². The molecule has 90 valence electrons. The van der Waals surface area contributed by atoms with Crippen molar-refractivity contribution in [2.45, 2.75) is 0 Å². The Morgan fingerprint density at radius 2 is 2.00 bits per heavy atom. The average molecular weight is 302 g/mol. The minimum atomic E-state index is 0.737. The lowest BCUT2D eigenvalue weighted by Crippen LogP contribution is -1.92. The molecule has 0 aliphatic heterocycles. The molecule has 0 atom stereocenters. The molecule has 3 nitrogen and oxygen atoms in total. The van der Waals surface area contributed by atoms with Gasteiger partial charge in [0.2, 0.25) is 0 Å². The SMILES string of the molecule is Cn1c(-c2cccc(Br)c2)nc2cc(N)ccc21. The van der Waals surface area contributed by atoms with Gasteiger partial charge in [0.25, 0.3) is 0 Å². The molecule has 2 N–H and O–H groups in total. The van der Waals surface area contributed by atoms with Gasteiger partial charge in [0.1, 0.15) is 5.82 Å². The maximum atomic E-state index is 5.79. The zero-order valence-corrected chi connectivity index (χ0v) is 11.5. The predicted molar refractivity (Wildman–Crippen MR) is 78.3 cm³/mol. The Morgan fingerprint density at radius 1 is 1.17 bits per heavy atom. The van der Waals surface area contributed by atoms with Crippen LogP contribution in [0.25, 0.3) is 22.4 Å². The largest absolute Gasteiger partial charge is 0.399 e. The molecule has 0 bridgehead atoms. The summed E-state index contributed by atoms with van der Waals surface area (Å²) in [7, 11) is 2.02. The van der Waals surface area contributed by atoms with Crippen LogP contribution in [0, 0.1) is 0 Å². The van der Waals surface area contributed by atoms with Gasteiger partial charge >= 0.3 is 0 Å². The van der Waals surface area contributed by atoms with Gasteiger partial charge in [-0.05, 0) is 30.3 Å². The maximum absolute atomic E-state index is 5.79. The van der Waals surface area contributed by atoms with Crippen LogP contribution in [0.1, 0.15) is 0 Å². The van der Waals surface area contributed by atoms with E-state index in [9.17, 15) is 0 Å². The summed E-state index contributed by atoms with van der Waals surface area (Å²) in [6.45, 7) is 0. The number of fused-ring (bicyclic) bond motifs is 1. The molecule has 2 aromatic carbocycles. The zero-order valence-electron chi connectivity index (χ0n) is 9.89. The molecule has 0 radical (unpaired) electrons. The number of nitrogen functional groups attached to an aromatic ring is 1. The van der Waals surface area contributed by atoms with Crippen LogP contribution in [0.3, 0.4) is 0 Å². The van der Waals surface area contributed by atoms with Crippen LogP contribution in [-0.2, 0) is 7.05 Å². The second-order valence-corrected chi connectivity index (χ2v) is 5.17. The maximum Gasteiger partial charge on any atom is 0.140 e. The van der Waals surface area contributed by atoms with E-state index >= 15 is 0 Å². The van der Waals surface area contributed by atoms with Gasteiger partial charge in [-0.3, -0.25) is 0 Å². The number of halogens is 1. The van der Waals surface area contributed by atoms with Gasteiger partial charge < -0.3 is 10.3 Å². The van der Waals surface area contributed by atoms with Crippen molar-refractivity contribution >= 4 is 32.7 Å². The van der Waals surface area contributed by atoms with Gasteiger partial charge in [-0.25, -0.2) is 4.98 Å². The molecule has 0 aliphatic rings. The van der Waals surface area contributed by atoms with E-state index in [0.29, 0.717) is 0 Å². The highest BCUT2D eigenvalue weighted by atomic mass is 79.9. The molecule has 0 saturated heterocycles. The highest BCUT2D eigenvalue weighted by molar-refractivity contribution is 9.10. The number of hydrogen-bond donors (Lipinski definition) is 1. The van der Waals surface area contributed by atoms with Crippen molar-refractivity contribution < 1.29 is 0 Å². The third-order valence-corrected chi connectivity index (χ3v) is 3.48. The predicted octanol–water partition coefficient (Wildman–Crippen LogP) is 3.59. The van der Waals surface area contributed by atoms with Crippen molar-refractivity contribution in [3.63, 3.8) is 0 Å². The Kier molecular flexibility index (Phi) is 2.59. The van der Waals surface area contributed by atoms with Crippen LogP contribution in [-0.4, -0.2) is 9.55 Å². The Hall–Kier alpha value is -1.81. The Bertz CT molecular complexity index is 731. The topological polar surface area (TPSA) is 43.8 Å². The molecular formula is C14H12BrN3. The number of nitrogens with zero attached hydrogens (tertiary/aromatic N) is 2. The van der Waals surface area contributed by atoms with Gasteiger partial charge in [-0.1, -0.05) is 28.1 Å². The molecule has 0 saturated carbocycles. The van der Waals surface area contributed by atoms with E-state index in [0.717, 1.165) is 32.6 Å². The smallest absolute Gasteiger partial charge is 0.140 e. The van der Waals surface area contributed by atoms with E-state index in [2.05, 4.69) is 37.6 Å². The van der Waals surface area contributed by atoms with E-state index < -0.39 is 0 Å². The van der Waals surface area contributed by atoms with Crippen LogP contribution >= 0.6 is 15.9 Å². The Balaban J connectivity index is 2.27. The molecule has 0 spiro atoms. The number of anilines is 1. The fraction of sp³-hybridized carbons (Fsp3) is 0.0714. The number of nitrogens with two attached hydrogens (primary N) is 1. The molecule has 18 heavy (non-hydrogen) atoms. The molecule has 4 heteroatoms. The van der Waals surface area contributed by atoms with E-state index in [4.69, 9.17) is 5.73 Å². The van der Waals surface area contributed by atoms with E-state index in [1.165, 1.54) is 0 Å². The average Bonchev–Trinajstić information content (AvgIpc) is 2.66. The van der Waals surface area contributed by atoms with Crippen molar-refractivity contribution in [3.05, 3.63) is 46.9 Å². The van der Waals surface area contributed by atoms with Crippen molar-refractivity contribution in [2.75, 3.05) is 5.73 Å². The fourth-order valence-corrected chi connectivity index (χ4v) is 2.50. The Morgan fingerprint density at radius 3 is 2.78 bits per heavy atom. The highest BCUT2D eigenvalue weighted by Crippen LogP contribution is 2.26. The third-order valence-electron chi connectivity index (χ3n) is 2.99. The van der Waals surface area contributed by atoms with Crippen LogP contribution in [0.5, 0.6) is 0 Å². The Labute approximate surface area is 113 Å². The first kappa shape index (κ1) is 11.3. The molecule has 0 aliphatic carbocycles. The minimum Gasteiger partial charge on any atom is -0.399 e. The molecule has 1 heterocycles. The summed E-state index contributed by atoms with van der Waals surface area (Å²) in [5, 5.41) is 0. The van der Waals surface area contributed by atoms with Crippen molar-refractivity contribution in [2.24, 2.45) is 7.05 Å². The summed E-state index contributed by atoms with van der Waals surface area (Å²) in [4.78, 5) is 4.65. The fourth-order valence-electron chi connectivity index (χ4n) is 2.10. The molecule has 0 unspecified atom stereocenters. The number of rotatable bonds is 1. The molecular weight excluding hydrogens is 290 g/mol. The van der Waals surface area contributed by atoms with Crippen molar-refractivity contribution in [1.29, 1.82) is 0 Å². The number of hydrogen-bond acceptors (Lipinski definition) is 2. The third kappa shape index (κ3) is 1.78. The van der Waals surface area contributed by atoms with Gasteiger partial charge in [0.15, 0.2) is 0 Å². The first-order valence-corrected chi connectivity index (χ1v) is 6.42. The second-order valence-electron chi connectivity index (χ2n) is 4.25. The molecule has 1 aromatic heterocycles. The highest BCUT2D eigenvalue weighted by Gasteiger charge is 2.09. The summed E-state index contributed by atoms with van der Waals surface area (Å²) < 4.78 is 3.13. The minimum absolute atomic E-state index is 0.737. The lowest BCUT2D eigenvalue weighted by Gasteiger charge is -2.02. The first-order chi connectivity index (χ1) is 8.65. The summed E-state index contributed by atoms with van der Waals surface area (Å²) >= 11 is 3.48. The molecule has 0 amide bonds. The number of aromatic nitrogens is 2. The van der Waals surface area contributed by atoms with Crippen LogP contribution in [0.15, 0.2) is 46.9 Å². The standard InChI is InChI=1S/C14H12BrN3/c1-18-13-6-5-11(16)8-12(13)17-14(18)9-3-2-4-10(15)7-9/h2-8H,16H2,1H3. The number of imidazole rings is 1. The van der Waals surface area contributed by atoms with Crippen LogP contribution in [0.4, 0.5) is 5.69 Å². The molecule has 0 fully saturated rings. The summed E-state index contributed by atoms with van der Waals surface area (Å²) in [5.41, 5.74) is 9.62. The summed E-state index contributed by atoms with van der Waals surface area (Å²) in [6, 6.07) is 13.9. The van der Waals surface area contributed by atoms with Gasteiger partial charge in [0.05, 0.1) is 11.0 Å². The summed E-state index contributed by atoms with van der Waals surface area (Å²) in [6.07, 6.45) is 0. The van der Waals surface area contributed by atoms with E-state index in [1.54, 1.807) is 0 Å². The zero-order chi connectivity index (χ0) is 12.7. The summed E-state index contributed by atoms with van der Waals surface area (Å²) in [5.74, 6) is 0.942.